The lowest BCUT2D eigenvalue weighted by atomic mass is 9.99. The second-order valence-electron chi connectivity index (χ2n) is 5.41. The van der Waals surface area contributed by atoms with Crippen molar-refractivity contribution in [3.63, 3.8) is 0 Å². The van der Waals surface area contributed by atoms with Crippen LogP contribution in [-0.2, 0) is 0 Å². The summed E-state index contributed by atoms with van der Waals surface area (Å²) in [4.78, 5) is 0. The Morgan fingerprint density at radius 3 is 2.00 bits per heavy atom. The van der Waals surface area contributed by atoms with Crippen LogP contribution >= 0.6 is 0 Å². The molecule has 1 rings (SSSR count). The summed E-state index contributed by atoms with van der Waals surface area (Å²) < 4.78 is 40.3. The van der Waals surface area contributed by atoms with Gasteiger partial charge >= 0.3 is 0 Å². The van der Waals surface area contributed by atoms with E-state index in [1.165, 1.54) is 25.7 Å². The Hall–Kier alpha value is -1.07. The first kappa shape index (κ1) is 18.0. The fraction of sp³-hybridized carbons (Fsp3) is 0.625. The predicted molar refractivity (Wildman–Crippen MR) is 79.0 cm³/mol. The maximum atomic E-state index is 13.7. The zero-order valence-electron chi connectivity index (χ0n) is 12.6. The smallest absolute Gasteiger partial charge is 0.133 e. The molecule has 0 fully saturated rings. The van der Waals surface area contributed by atoms with Crippen LogP contribution in [0.25, 0.3) is 0 Å². The molecule has 0 aliphatic heterocycles. The molecule has 1 atom stereocenters. The van der Waals surface area contributed by atoms with Crippen molar-refractivity contribution in [2.75, 3.05) is 0 Å². The van der Waals surface area contributed by atoms with Crippen LogP contribution in [-0.4, -0.2) is 0 Å². The van der Waals surface area contributed by atoms with Crippen molar-refractivity contribution >= 4 is 0 Å². The molecule has 120 valence electrons. The van der Waals surface area contributed by atoms with E-state index in [1.807, 2.05) is 0 Å². The summed E-state index contributed by atoms with van der Waals surface area (Å²) in [6.07, 6.45) is 8.37. The van der Waals surface area contributed by atoms with E-state index in [9.17, 15) is 13.2 Å². The molecule has 0 amide bonds. The van der Waals surface area contributed by atoms with Crippen molar-refractivity contribution in [3.05, 3.63) is 35.1 Å². The Morgan fingerprint density at radius 1 is 0.952 bits per heavy atom. The number of rotatable bonds is 10. The average Bonchev–Trinajstić information content (AvgIpc) is 2.43. The summed E-state index contributed by atoms with van der Waals surface area (Å²) in [6.45, 7) is 2.17. The summed E-state index contributed by atoms with van der Waals surface area (Å²) in [7, 11) is 0. The van der Waals surface area contributed by atoms with Gasteiger partial charge in [0.15, 0.2) is 0 Å². The van der Waals surface area contributed by atoms with E-state index in [0.29, 0.717) is 18.6 Å². The Bertz CT molecular complexity index is 401. The third kappa shape index (κ3) is 6.06. The SMILES string of the molecule is CCCCCCCCCC(NN)c1c(F)cc(F)cc1F. The molecule has 0 spiro atoms. The molecule has 2 nitrogen and oxygen atoms in total. The van der Waals surface area contributed by atoms with Crippen LogP contribution in [0.1, 0.15) is 69.9 Å². The van der Waals surface area contributed by atoms with Gasteiger partial charge in [0.2, 0.25) is 0 Å². The van der Waals surface area contributed by atoms with Gasteiger partial charge in [-0.3, -0.25) is 11.3 Å². The number of hydrazine groups is 1. The van der Waals surface area contributed by atoms with Crippen LogP contribution in [0, 0.1) is 17.5 Å². The maximum Gasteiger partial charge on any atom is 0.133 e. The standard InChI is InChI=1S/C16H25F3N2/c1-2-3-4-5-6-7-8-9-15(21-20)16-13(18)10-12(17)11-14(16)19/h10-11,15,21H,2-9,20H2,1H3. The molecule has 1 unspecified atom stereocenters. The van der Waals surface area contributed by atoms with Gasteiger partial charge in [-0.2, -0.15) is 0 Å². The lowest BCUT2D eigenvalue weighted by Gasteiger charge is -2.17. The molecule has 0 bridgehead atoms. The van der Waals surface area contributed by atoms with Crippen molar-refractivity contribution in [2.45, 2.75) is 64.3 Å². The van der Waals surface area contributed by atoms with Crippen LogP contribution in [0.3, 0.4) is 0 Å². The second-order valence-corrected chi connectivity index (χ2v) is 5.41. The van der Waals surface area contributed by atoms with E-state index in [4.69, 9.17) is 5.84 Å². The van der Waals surface area contributed by atoms with Crippen molar-refractivity contribution in [1.82, 2.24) is 5.43 Å². The van der Waals surface area contributed by atoms with Gasteiger partial charge in [-0.1, -0.05) is 51.9 Å². The summed E-state index contributed by atoms with van der Waals surface area (Å²) >= 11 is 0. The first-order chi connectivity index (χ1) is 10.1. The largest absolute Gasteiger partial charge is 0.271 e. The highest BCUT2D eigenvalue weighted by atomic mass is 19.1. The molecule has 0 aromatic heterocycles. The zero-order chi connectivity index (χ0) is 15.7. The third-order valence-corrected chi connectivity index (χ3v) is 3.69. The topological polar surface area (TPSA) is 38.0 Å². The second kappa shape index (κ2) is 9.79. The molecule has 0 aliphatic carbocycles. The van der Waals surface area contributed by atoms with Gasteiger partial charge in [0, 0.05) is 17.7 Å². The van der Waals surface area contributed by atoms with Crippen LogP contribution in [0.15, 0.2) is 12.1 Å². The lowest BCUT2D eigenvalue weighted by molar-refractivity contribution is 0.428. The molecule has 0 aliphatic rings. The van der Waals surface area contributed by atoms with Gasteiger partial charge in [-0.25, -0.2) is 13.2 Å². The molecule has 5 heteroatoms. The highest BCUT2D eigenvalue weighted by Crippen LogP contribution is 2.26. The van der Waals surface area contributed by atoms with Crippen molar-refractivity contribution in [3.8, 4) is 0 Å². The molecule has 1 aromatic carbocycles. The van der Waals surface area contributed by atoms with Gasteiger partial charge in [-0.05, 0) is 6.42 Å². The number of benzene rings is 1. The normalized spacial score (nSPS) is 12.6. The molecule has 0 radical (unpaired) electrons. The van der Waals surface area contributed by atoms with E-state index in [-0.39, 0.29) is 5.56 Å². The average molecular weight is 302 g/mol. The first-order valence-electron chi connectivity index (χ1n) is 7.70. The van der Waals surface area contributed by atoms with Gasteiger partial charge in [0.25, 0.3) is 0 Å². The molecule has 0 saturated heterocycles. The number of halogens is 3. The van der Waals surface area contributed by atoms with E-state index in [0.717, 1.165) is 19.3 Å². The van der Waals surface area contributed by atoms with Gasteiger partial charge in [0.05, 0.1) is 6.04 Å². The zero-order valence-corrected chi connectivity index (χ0v) is 12.6. The van der Waals surface area contributed by atoms with Crippen LogP contribution < -0.4 is 11.3 Å². The maximum absolute atomic E-state index is 13.7. The fourth-order valence-corrected chi connectivity index (χ4v) is 2.50. The van der Waals surface area contributed by atoms with Gasteiger partial charge in [0.1, 0.15) is 17.5 Å². The Morgan fingerprint density at radius 2 is 1.48 bits per heavy atom. The van der Waals surface area contributed by atoms with Crippen molar-refractivity contribution in [2.24, 2.45) is 5.84 Å². The Kier molecular flexibility index (Phi) is 8.38. The Balaban J connectivity index is 2.45. The Labute approximate surface area is 124 Å². The van der Waals surface area contributed by atoms with Crippen LogP contribution in [0.2, 0.25) is 0 Å². The summed E-state index contributed by atoms with van der Waals surface area (Å²) in [5.74, 6) is 2.69. The number of hydrogen-bond donors (Lipinski definition) is 2. The summed E-state index contributed by atoms with van der Waals surface area (Å²) in [5, 5.41) is 0. The number of unbranched alkanes of at least 4 members (excludes halogenated alkanes) is 6. The lowest BCUT2D eigenvalue weighted by Crippen LogP contribution is -2.29. The molecule has 1 aromatic rings. The van der Waals surface area contributed by atoms with Crippen molar-refractivity contribution < 1.29 is 13.2 Å². The minimum atomic E-state index is -0.916. The molecular formula is C16H25F3N2. The molecule has 0 heterocycles. The van der Waals surface area contributed by atoms with Gasteiger partial charge in [-0.15, -0.1) is 0 Å². The quantitative estimate of drug-likeness (QED) is 0.372. The highest BCUT2D eigenvalue weighted by Gasteiger charge is 2.20. The van der Waals surface area contributed by atoms with E-state index in [2.05, 4.69) is 12.3 Å². The van der Waals surface area contributed by atoms with E-state index < -0.39 is 23.5 Å². The summed E-state index contributed by atoms with van der Waals surface area (Å²) in [5.41, 5.74) is 2.25. The first-order valence-corrected chi connectivity index (χ1v) is 7.70. The number of hydrogen-bond acceptors (Lipinski definition) is 2. The van der Waals surface area contributed by atoms with Crippen LogP contribution in [0.5, 0.6) is 0 Å². The van der Waals surface area contributed by atoms with Crippen molar-refractivity contribution in [1.29, 1.82) is 0 Å². The van der Waals surface area contributed by atoms with Gasteiger partial charge < -0.3 is 0 Å². The number of nitrogens with two attached hydrogens (primary N) is 1. The molecule has 3 N–H and O–H groups in total. The van der Waals surface area contributed by atoms with Crippen LogP contribution in [0.4, 0.5) is 13.2 Å². The summed E-state index contributed by atoms with van der Waals surface area (Å²) in [6, 6.07) is 0.752. The van der Waals surface area contributed by atoms with E-state index >= 15 is 0 Å². The minimum absolute atomic E-state index is 0.176. The minimum Gasteiger partial charge on any atom is -0.271 e. The monoisotopic (exact) mass is 302 g/mol. The number of nitrogens with one attached hydrogen (secondary N) is 1. The molecular weight excluding hydrogens is 277 g/mol. The molecule has 21 heavy (non-hydrogen) atoms. The molecule has 0 saturated carbocycles. The highest BCUT2D eigenvalue weighted by molar-refractivity contribution is 5.24. The third-order valence-electron chi connectivity index (χ3n) is 3.69. The van der Waals surface area contributed by atoms with E-state index in [1.54, 1.807) is 0 Å². The predicted octanol–water partition coefficient (Wildman–Crippen LogP) is 4.75. The fourth-order valence-electron chi connectivity index (χ4n) is 2.50.